The molecule has 0 fully saturated rings. The standard InChI is InChI=1S/C29H27NSi/c1-22-13-17-26(18-14-22)30-29(19-20-31(2,3)4)28-12-8-7-11-27(28)25-16-15-23-9-5-6-10-24(23)21-25/h5-18,21H,1-4H3. The van der Waals surface area contributed by atoms with Crippen molar-refractivity contribution in [3.05, 3.63) is 102 Å². The highest BCUT2D eigenvalue weighted by molar-refractivity contribution is 6.84. The second kappa shape index (κ2) is 8.76. The van der Waals surface area contributed by atoms with E-state index in [1.807, 2.05) is 0 Å². The van der Waals surface area contributed by atoms with Crippen LogP contribution in [0, 0.1) is 18.4 Å². The quantitative estimate of drug-likeness (QED) is 0.183. The summed E-state index contributed by atoms with van der Waals surface area (Å²) < 4.78 is 0. The minimum atomic E-state index is -1.55. The first-order valence-corrected chi connectivity index (χ1v) is 14.2. The van der Waals surface area contributed by atoms with Crippen molar-refractivity contribution in [2.75, 3.05) is 0 Å². The first-order chi connectivity index (χ1) is 14.9. The molecule has 0 spiro atoms. The molecule has 0 radical (unpaired) electrons. The lowest BCUT2D eigenvalue weighted by molar-refractivity contribution is 1.43. The van der Waals surface area contributed by atoms with Crippen LogP contribution in [0.15, 0.2) is 96.0 Å². The van der Waals surface area contributed by atoms with Crippen LogP contribution in [0.4, 0.5) is 5.69 Å². The lowest BCUT2D eigenvalue weighted by atomic mass is 9.95. The molecule has 2 heteroatoms. The van der Waals surface area contributed by atoms with Gasteiger partial charge in [-0.25, -0.2) is 4.99 Å². The fourth-order valence-corrected chi connectivity index (χ4v) is 3.94. The maximum atomic E-state index is 4.99. The second-order valence-corrected chi connectivity index (χ2v) is 13.7. The largest absolute Gasteiger partial charge is 0.239 e. The van der Waals surface area contributed by atoms with Crippen molar-refractivity contribution in [1.29, 1.82) is 0 Å². The fraction of sp³-hybridized carbons (Fsp3) is 0.138. The minimum absolute atomic E-state index is 0.829. The minimum Gasteiger partial charge on any atom is -0.239 e. The van der Waals surface area contributed by atoms with Crippen molar-refractivity contribution in [1.82, 2.24) is 0 Å². The topological polar surface area (TPSA) is 12.4 Å². The summed E-state index contributed by atoms with van der Waals surface area (Å²) in [7, 11) is -1.55. The zero-order chi connectivity index (χ0) is 21.8. The van der Waals surface area contributed by atoms with Crippen LogP contribution in [0.5, 0.6) is 0 Å². The van der Waals surface area contributed by atoms with Crippen LogP contribution in [-0.4, -0.2) is 13.8 Å². The van der Waals surface area contributed by atoms with Gasteiger partial charge in [-0.15, -0.1) is 5.54 Å². The molecule has 0 N–H and O–H groups in total. The SMILES string of the molecule is Cc1ccc(N=C(C#C[Si](C)(C)C)c2ccccc2-c2ccc3ccccc3c2)cc1. The molecular weight excluding hydrogens is 390 g/mol. The van der Waals surface area contributed by atoms with Crippen molar-refractivity contribution in [2.45, 2.75) is 26.6 Å². The molecule has 0 aliphatic rings. The summed E-state index contributed by atoms with van der Waals surface area (Å²) >= 11 is 0. The summed E-state index contributed by atoms with van der Waals surface area (Å²) in [6.07, 6.45) is 0. The smallest absolute Gasteiger partial charge is 0.129 e. The third-order valence-corrected chi connectivity index (χ3v) is 5.95. The van der Waals surface area contributed by atoms with Gasteiger partial charge in [-0.2, -0.15) is 0 Å². The molecule has 0 aliphatic heterocycles. The van der Waals surface area contributed by atoms with E-state index in [2.05, 4.69) is 129 Å². The van der Waals surface area contributed by atoms with Gasteiger partial charge < -0.3 is 0 Å². The van der Waals surface area contributed by atoms with E-state index < -0.39 is 8.07 Å². The Bertz CT molecular complexity index is 1310. The highest BCUT2D eigenvalue weighted by Crippen LogP contribution is 2.28. The van der Waals surface area contributed by atoms with E-state index in [-0.39, 0.29) is 0 Å². The number of aryl methyl sites for hydroxylation is 1. The molecule has 4 aromatic rings. The van der Waals surface area contributed by atoms with Crippen molar-refractivity contribution in [2.24, 2.45) is 4.99 Å². The molecule has 0 saturated heterocycles. The molecule has 0 bridgehead atoms. The number of fused-ring (bicyclic) bond motifs is 1. The summed E-state index contributed by atoms with van der Waals surface area (Å²) in [6, 6.07) is 31.9. The molecule has 1 nitrogen and oxygen atoms in total. The zero-order valence-corrected chi connectivity index (χ0v) is 19.6. The predicted molar refractivity (Wildman–Crippen MR) is 138 cm³/mol. The molecule has 0 aromatic heterocycles. The highest BCUT2D eigenvalue weighted by Gasteiger charge is 2.13. The van der Waals surface area contributed by atoms with Crippen LogP contribution in [0.25, 0.3) is 21.9 Å². The van der Waals surface area contributed by atoms with Gasteiger partial charge in [-0.05, 0) is 47.0 Å². The van der Waals surface area contributed by atoms with Crippen molar-refractivity contribution in [3.8, 4) is 22.6 Å². The van der Waals surface area contributed by atoms with Gasteiger partial charge in [-0.3, -0.25) is 0 Å². The van der Waals surface area contributed by atoms with Gasteiger partial charge in [0.15, 0.2) is 0 Å². The Hall–Kier alpha value is -3.41. The van der Waals surface area contributed by atoms with Crippen LogP contribution in [0.3, 0.4) is 0 Å². The Morgan fingerprint density at radius 1 is 0.742 bits per heavy atom. The monoisotopic (exact) mass is 417 g/mol. The lowest BCUT2D eigenvalue weighted by Gasteiger charge is -2.11. The van der Waals surface area contributed by atoms with Gasteiger partial charge >= 0.3 is 0 Å². The summed E-state index contributed by atoms with van der Waals surface area (Å²) in [5.41, 5.74) is 9.91. The predicted octanol–water partition coefficient (Wildman–Crippen LogP) is 7.82. The van der Waals surface area contributed by atoms with Gasteiger partial charge in [0.05, 0.1) is 5.69 Å². The Morgan fingerprint density at radius 3 is 2.16 bits per heavy atom. The van der Waals surface area contributed by atoms with Crippen LogP contribution in [0.2, 0.25) is 19.6 Å². The van der Waals surface area contributed by atoms with Crippen LogP contribution in [0.1, 0.15) is 11.1 Å². The Morgan fingerprint density at radius 2 is 1.42 bits per heavy atom. The normalized spacial score (nSPS) is 11.8. The lowest BCUT2D eigenvalue weighted by Crippen LogP contribution is -2.17. The number of hydrogen-bond acceptors (Lipinski definition) is 1. The van der Waals surface area contributed by atoms with E-state index in [1.165, 1.54) is 21.9 Å². The molecule has 152 valence electrons. The summed E-state index contributed by atoms with van der Waals surface area (Å²) in [5, 5.41) is 2.48. The van der Waals surface area contributed by atoms with E-state index >= 15 is 0 Å². The second-order valence-electron chi connectivity index (χ2n) is 8.90. The molecule has 0 unspecified atom stereocenters. The first-order valence-electron chi connectivity index (χ1n) is 10.7. The van der Waals surface area contributed by atoms with Crippen molar-refractivity contribution >= 4 is 30.2 Å². The highest BCUT2D eigenvalue weighted by atomic mass is 28.3. The first kappa shape index (κ1) is 20.8. The van der Waals surface area contributed by atoms with Gasteiger partial charge in [0.25, 0.3) is 0 Å². The van der Waals surface area contributed by atoms with Gasteiger partial charge in [0.1, 0.15) is 13.8 Å². The molecule has 0 saturated carbocycles. The molecule has 4 aromatic carbocycles. The van der Waals surface area contributed by atoms with Gasteiger partial charge in [-0.1, -0.05) is 104 Å². The number of rotatable bonds is 3. The van der Waals surface area contributed by atoms with Crippen molar-refractivity contribution in [3.63, 3.8) is 0 Å². The zero-order valence-electron chi connectivity index (χ0n) is 18.6. The number of nitrogens with zero attached hydrogens (tertiary/aromatic N) is 1. The molecule has 0 heterocycles. The Labute approximate surface area is 186 Å². The maximum absolute atomic E-state index is 4.99. The number of aliphatic imine (C=N–C) groups is 1. The Kier molecular flexibility index (Phi) is 5.89. The van der Waals surface area contributed by atoms with Gasteiger partial charge in [0, 0.05) is 5.56 Å². The van der Waals surface area contributed by atoms with Crippen molar-refractivity contribution < 1.29 is 0 Å². The summed E-state index contributed by atoms with van der Waals surface area (Å²) in [4.78, 5) is 4.99. The average Bonchev–Trinajstić information content (AvgIpc) is 2.77. The third-order valence-electron chi connectivity index (χ3n) is 5.07. The number of benzene rings is 4. The van der Waals surface area contributed by atoms with E-state index in [0.717, 1.165) is 22.5 Å². The third kappa shape index (κ3) is 5.20. The maximum Gasteiger partial charge on any atom is 0.129 e. The molecule has 31 heavy (non-hydrogen) atoms. The molecule has 4 rings (SSSR count). The van der Waals surface area contributed by atoms with E-state index in [9.17, 15) is 0 Å². The molecule has 0 atom stereocenters. The van der Waals surface area contributed by atoms with E-state index in [1.54, 1.807) is 0 Å². The fourth-order valence-electron chi connectivity index (χ4n) is 3.45. The Balaban J connectivity index is 1.89. The summed E-state index contributed by atoms with van der Waals surface area (Å²) in [5.74, 6) is 3.45. The average molecular weight is 418 g/mol. The summed E-state index contributed by atoms with van der Waals surface area (Å²) in [6.45, 7) is 8.88. The van der Waals surface area contributed by atoms with E-state index in [0.29, 0.717) is 0 Å². The van der Waals surface area contributed by atoms with Crippen LogP contribution < -0.4 is 0 Å². The van der Waals surface area contributed by atoms with Gasteiger partial charge in [0.2, 0.25) is 0 Å². The number of hydrogen-bond donors (Lipinski definition) is 0. The molecule has 0 amide bonds. The molecule has 0 aliphatic carbocycles. The van der Waals surface area contributed by atoms with E-state index in [4.69, 9.17) is 4.99 Å². The van der Waals surface area contributed by atoms with Crippen LogP contribution >= 0.6 is 0 Å². The van der Waals surface area contributed by atoms with Crippen LogP contribution in [-0.2, 0) is 0 Å². The molecular formula is C29H27NSi.